The van der Waals surface area contributed by atoms with Gasteiger partial charge in [0, 0.05) is 25.3 Å². The molecule has 0 unspecified atom stereocenters. The molecule has 0 fully saturated rings. The molecule has 0 aromatic heterocycles. The van der Waals surface area contributed by atoms with Crippen LogP contribution in [0.2, 0.25) is 0 Å². The first-order valence-electron chi connectivity index (χ1n) is 7.45. The van der Waals surface area contributed by atoms with Crippen molar-refractivity contribution in [2.75, 3.05) is 31.1 Å². The molecular weight excluding hydrogens is 220 g/mol. The van der Waals surface area contributed by atoms with Crippen molar-refractivity contribution < 1.29 is 0 Å². The minimum Gasteiger partial charge on any atom is -0.370 e. The van der Waals surface area contributed by atoms with Crippen LogP contribution >= 0.6 is 0 Å². The number of rotatable bonds is 8. The smallest absolute Gasteiger partial charge is 0.0399 e. The van der Waals surface area contributed by atoms with E-state index in [4.69, 9.17) is 0 Å². The van der Waals surface area contributed by atoms with E-state index in [2.05, 4.69) is 41.4 Å². The molecule has 0 saturated carbocycles. The van der Waals surface area contributed by atoms with Gasteiger partial charge in [-0.15, -0.1) is 0 Å². The third-order valence-corrected chi connectivity index (χ3v) is 3.75. The maximum absolute atomic E-state index is 3.56. The third kappa shape index (κ3) is 3.74. The van der Waals surface area contributed by atoms with Crippen molar-refractivity contribution >= 4 is 5.69 Å². The van der Waals surface area contributed by atoms with Crippen molar-refractivity contribution in [3.05, 3.63) is 29.8 Å². The van der Waals surface area contributed by atoms with Crippen LogP contribution in [0.5, 0.6) is 0 Å². The quantitative estimate of drug-likeness (QED) is 0.709. The zero-order valence-electron chi connectivity index (χ0n) is 11.6. The predicted molar refractivity (Wildman–Crippen MR) is 79.4 cm³/mol. The molecular formula is C16H26N2. The Morgan fingerprint density at radius 2 is 2.00 bits per heavy atom. The first-order chi connectivity index (χ1) is 8.92. The highest BCUT2D eigenvalue weighted by Gasteiger charge is 2.16. The molecule has 0 aliphatic carbocycles. The Morgan fingerprint density at radius 3 is 2.89 bits per heavy atom. The second-order valence-electron chi connectivity index (χ2n) is 5.18. The minimum atomic E-state index is 1.11. The Morgan fingerprint density at radius 1 is 1.11 bits per heavy atom. The number of nitrogens with zero attached hydrogens (tertiary/aromatic N) is 1. The highest BCUT2D eigenvalue weighted by atomic mass is 15.2. The van der Waals surface area contributed by atoms with Gasteiger partial charge >= 0.3 is 0 Å². The summed E-state index contributed by atoms with van der Waals surface area (Å²) in [4.78, 5) is 2.51. The average Bonchev–Trinajstić information content (AvgIpc) is 2.81. The van der Waals surface area contributed by atoms with Crippen LogP contribution in [-0.4, -0.2) is 26.2 Å². The molecule has 1 heterocycles. The number of hydrogen-bond donors (Lipinski definition) is 1. The largest absolute Gasteiger partial charge is 0.370 e. The molecule has 2 rings (SSSR count). The summed E-state index contributed by atoms with van der Waals surface area (Å²) in [5.74, 6) is 0. The molecule has 1 aromatic carbocycles. The van der Waals surface area contributed by atoms with Crippen LogP contribution in [0.1, 0.15) is 38.2 Å². The number of anilines is 1. The van der Waals surface area contributed by atoms with Crippen LogP contribution in [0.25, 0.3) is 0 Å². The molecule has 2 heteroatoms. The van der Waals surface area contributed by atoms with Crippen molar-refractivity contribution in [2.24, 2.45) is 0 Å². The van der Waals surface area contributed by atoms with E-state index in [0.29, 0.717) is 0 Å². The Kier molecular flexibility index (Phi) is 5.53. The summed E-state index contributed by atoms with van der Waals surface area (Å²) in [5, 5.41) is 3.56. The molecule has 1 aliphatic heterocycles. The summed E-state index contributed by atoms with van der Waals surface area (Å²) in [6.07, 6.45) is 6.61. The second kappa shape index (κ2) is 7.42. The first-order valence-corrected chi connectivity index (χ1v) is 7.45. The minimum absolute atomic E-state index is 1.11. The standard InChI is InChI=1S/C16H26N2/c1-2-3-4-7-11-17-12-14-18-13-10-15-8-5-6-9-16(15)18/h5-6,8-9,17H,2-4,7,10-14H2,1H3. The number of unbranched alkanes of at least 4 members (excludes halogenated alkanes) is 3. The van der Waals surface area contributed by atoms with E-state index >= 15 is 0 Å². The molecule has 0 amide bonds. The predicted octanol–water partition coefficient (Wildman–Crippen LogP) is 3.22. The molecule has 100 valence electrons. The van der Waals surface area contributed by atoms with E-state index in [1.54, 1.807) is 0 Å². The zero-order chi connectivity index (χ0) is 12.6. The van der Waals surface area contributed by atoms with E-state index in [1.165, 1.54) is 56.4 Å². The van der Waals surface area contributed by atoms with Gasteiger partial charge < -0.3 is 10.2 Å². The van der Waals surface area contributed by atoms with Crippen LogP contribution in [0.4, 0.5) is 5.69 Å². The molecule has 0 bridgehead atoms. The summed E-state index contributed by atoms with van der Waals surface area (Å²) in [7, 11) is 0. The monoisotopic (exact) mass is 246 g/mol. The second-order valence-corrected chi connectivity index (χ2v) is 5.18. The van der Waals surface area contributed by atoms with Gasteiger partial charge in [0.25, 0.3) is 0 Å². The number of nitrogens with one attached hydrogen (secondary N) is 1. The molecule has 0 saturated heterocycles. The Bertz CT molecular complexity index is 349. The molecule has 18 heavy (non-hydrogen) atoms. The van der Waals surface area contributed by atoms with Gasteiger partial charge in [-0.25, -0.2) is 0 Å². The highest BCUT2D eigenvalue weighted by Crippen LogP contribution is 2.26. The average molecular weight is 246 g/mol. The molecule has 0 spiro atoms. The normalized spacial score (nSPS) is 13.9. The molecule has 1 aliphatic rings. The maximum atomic E-state index is 3.56. The number of benzene rings is 1. The van der Waals surface area contributed by atoms with E-state index in [9.17, 15) is 0 Å². The first kappa shape index (κ1) is 13.4. The van der Waals surface area contributed by atoms with Crippen molar-refractivity contribution in [3.8, 4) is 0 Å². The fourth-order valence-electron chi connectivity index (χ4n) is 2.65. The molecule has 2 nitrogen and oxygen atoms in total. The SMILES string of the molecule is CCCCCCNCCN1CCc2ccccc21. The Balaban J connectivity index is 1.61. The molecule has 1 aromatic rings. The Labute approximate surface area is 111 Å². The summed E-state index contributed by atoms with van der Waals surface area (Å²) in [6, 6.07) is 8.81. The lowest BCUT2D eigenvalue weighted by Crippen LogP contribution is -2.31. The van der Waals surface area contributed by atoms with Crippen molar-refractivity contribution in [3.63, 3.8) is 0 Å². The summed E-state index contributed by atoms with van der Waals surface area (Å²) in [5.41, 5.74) is 2.96. The third-order valence-electron chi connectivity index (χ3n) is 3.75. The molecule has 1 N–H and O–H groups in total. The van der Waals surface area contributed by atoms with Gasteiger partial charge in [-0.3, -0.25) is 0 Å². The van der Waals surface area contributed by atoms with Gasteiger partial charge in [-0.1, -0.05) is 44.4 Å². The van der Waals surface area contributed by atoms with Gasteiger partial charge in [0.05, 0.1) is 0 Å². The Hall–Kier alpha value is -1.02. The van der Waals surface area contributed by atoms with Crippen LogP contribution in [-0.2, 0) is 6.42 Å². The fourth-order valence-corrected chi connectivity index (χ4v) is 2.65. The summed E-state index contributed by atoms with van der Waals surface area (Å²) < 4.78 is 0. The number of hydrogen-bond acceptors (Lipinski definition) is 2. The zero-order valence-corrected chi connectivity index (χ0v) is 11.6. The van der Waals surface area contributed by atoms with E-state index in [1.807, 2.05) is 0 Å². The lowest BCUT2D eigenvalue weighted by Gasteiger charge is -2.19. The van der Waals surface area contributed by atoms with Gasteiger partial charge in [-0.2, -0.15) is 0 Å². The van der Waals surface area contributed by atoms with Crippen LogP contribution < -0.4 is 10.2 Å². The fraction of sp³-hybridized carbons (Fsp3) is 0.625. The molecule has 0 radical (unpaired) electrons. The summed E-state index contributed by atoms with van der Waals surface area (Å²) in [6.45, 7) is 6.88. The van der Waals surface area contributed by atoms with Crippen molar-refractivity contribution in [1.82, 2.24) is 5.32 Å². The van der Waals surface area contributed by atoms with Gasteiger partial charge in [0.15, 0.2) is 0 Å². The van der Waals surface area contributed by atoms with E-state index in [-0.39, 0.29) is 0 Å². The lowest BCUT2D eigenvalue weighted by atomic mass is 10.2. The highest BCUT2D eigenvalue weighted by molar-refractivity contribution is 5.57. The maximum Gasteiger partial charge on any atom is 0.0399 e. The van der Waals surface area contributed by atoms with Gasteiger partial charge in [0.2, 0.25) is 0 Å². The van der Waals surface area contributed by atoms with Crippen molar-refractivity contribution in [1.29, 1.82) is 0 Å². The topological polar surface area (TPSA) is 15.3 Å². The van der Waals surface area contributed by atoms with Crippen LogP contribution in [0, 0.1) is 0 Å². The van der Waals surface area contributed by atoms with Gasteiger partial charge in [-0.05, 0) is 31.0 Å². The number of fused-ring (bicyclic) bond motifs is 1. The van der Waals surface area contributed by atoms with Crippen LogP contribution in [0.15, 0.2) is 24.3 Å². The van der Waals surface area contributed by atoms with Crippen molar-refractivity contribution in [2.45, 2.75) is 39.0 Å². The van der Waals surface area contributed by atoms with Crippen LogP contribution in [0.3, 0.4) is 0 Å². The van der Waals surface area contributed by atoms with E-state index in [0.717, 1.165) is 13.1 Å². The molecule has 0 atom stereocenters. The lowest BCUT2D eigenvalue weighted by molar-refractivity contribution is 0.595. The van der Waals surface area contributed by atoms with Gasteiger partial charge in [0.1, 0.15) is 0 Å². The van der Waals surface area contributed by atoms with E-state index < -0.39 is 0 Å². The number of para-hydroxylation sites is 1. The summed E-state index contributed by atoms with van der Waals surface area (Å²) >= 11 is 0.